The molecule has 0 unspecified atom stereocenters. The Balaban J connectivity index is 2.02. The van der Waals surface area contributed by atoms with Crippen LogP contribution in [0.5, 0.6) is 0 Å². The predicted octanol–water partition coefficient (Wildman–Crippen LogP) is 2.67. The highest BCUT2D eigenvalue weighted by Gasteiger charge is 2.05. The third kappa shape index (κ3) is 4.01. The van der Waals surface area contributed by atoms with Crippen LogP contribution in [0.2, 0.25) is 0 Å². The van der Waals surface area contributed by atoms with Crippen molar-refractivity contribution in [3.05, 3.63) is 27.5 Å². The minimum absolute atomic E-state index is 0.112. The number of thioether (sulfide) groups is 1. The van der Waals surface area contributed by atoms with E-state index in [1.807, 2.05) is 17.5 Å². The Kier molecular flexibility index (Phi) is 5.08. The predicted molar refractivity (Wildman–Crippen MR) is 88.6 cm³/mol. The summed E-state index contributed by atoms with van der Waals surface area (Å²) in [5.41, 5.74) is 12.4. The van der Waals surface area contributed by atoms with Crippen LogP contribution in [0.4, 0.5) is 5.13 Å². The molecule has 0 bridgehead atoms. The Labute approximate surface area is 133 Å². The molecule has 0 saturated carbocycles. The molecule has 2 aromatic heterocycles. The lowest BCUT2D eigenvalue weighted by Gasteiger charge is -1.93. The van der Waals surface area contributed by atoms with E-state index in [0.29, 0.717) is 10.7 Å². The molecule has 0 amide bonds. The maximum atomic E-state index is 8.91. The zero-order valence-corrected chi connectivity index (χ0v) is 13.3. The lowest BCUT2D eigenvalue weighted by Crippen LogP contribution is -2.09. The van der Waals surface area contributed by atoms with Gasteiger partial charge in [0.05, 0.1) is 5.57 Å². The van der Waals surface area contributed by atoms with Gasteiger partial charge in [-0.3, -0.25) is 0 Å². The van der Waals surface area contributed by atoms with Gasteiger partial charge < -0.3 is 11.5 Å². The van der Waals surface area contributed by atoms with E-state index in [2.05, 4.69) is 10.2 Å². The largest absolute Gasteiger partial charge is 0.389 e. The number of hydrogen-bond donors (Lipinski definition) is 2. The summed E-state index contributed by atoms with van der Waals surface area (Å²) in [5, 5.41) is 19.1. The summed E-state index contributed by atoms with van der Waals surface area (Å²) in [7, 11) is 0. The summed E-state index contributed by atoms with van der Waals surface area (Å²) < 4.78 is 0.839. The molecule has 0 aliphatic carbocycles. The molecule has 2 heterocycles. The highest BCUT2D eigenvalue weighted by Crippen LogP contribution is 2.29. The molecule has 20 heavy (non-hydrogen) atoms. The summed E-state index contributed by atoms with van der Waals surface area (Å²) in [6.07, 6.45) is 1.70. The molecule has 0 atom stereocenters. The highest BCUT2D eigenvalue weighted by atomic mass is 32.2. The molecule has 0 fully saturated rings. The number of aromatic nitrogens is 2. The first-order valence-electron chi connectivity index (χ1n) is 5.29. The van der Waals surface area contributed by atoms with Crippen molar-refractivity contribution in [3.63, 3.8) is 0 Å². The molecule has 0 aromatic carbocycles. The number of thiocarbonyl (C=S) groups is 1. The van der Waals surface area contributed by atoms with Gasteiger partial charge in [0.2, 0.25) is 5.13 Å². The summed E-state index contributed by atoms with van der Waals surface area (Å²) in [6, 6.07) is 3.98. The fourth-order valence-corrected chi connectivity index (χ4v) is 3.89. The molecule has 2 aromatic rings. The number of anilines is 1. The van der Waals surface area contributed by atoms with Gasteiger partial charge in [-0.25, -0.2) is 0 Å². The van der Waals surface area contributed by atoms with Crippen LogP contribution >= 0.6 is 46.7 Å². The van der Waals surface area contributed by atoms with Crippen LogP contribution in [0, 0.1) is 11.3 Å². The zero-order chi connectivity index (χ0) is 14.5. The second kappa shape index (κ2) is 6.81. The van der Waals surface area contributed by atoms with Crippen molar-refractivity contribution < 1.29 is 0 Å². The third-order valence-corrected chi connectivity index (χ3v) is 5.24. The zero-order valence-electron chi connectivity index (χ0n) is 10.1. The van der Waals surface area contributed by atoms with Crippen molar-refractivity contribution in [1.29, 1.82) is 5.26 Å². The highest BCUT2D eigenvalue weighted by molar-refractivity contribution is 8.00. The fourth-order valence-electron chi connectivity index (χ4n) is 1.27. The lowest BCUT2D eigenvalue weighted by molar-refractivity contribution is 1.02. The molecule has 2 rings (SSSR count). The van der Waals surface area contributed by atoms with Gasteiger partial charge in [-0.2, -0.15) is 5.26 Å². The molecule has 9 heteroatoms. The number of nitrogen functional groups attached to an aromatic ring is 1. The van der Waals surface area contributed by atoms with E-state index in [1.54, 1.807) is 17.8 Å². The van der Waals surface area contributed by atoms with Gasteiger partial charge in [0.1, 0.15) is 11.1 Å². The molecule has 102 valence electrons. The molecule has 0 aliphatic rings. The monoisotopic (exact) mass is 339 g/mol. The van der Waals surface area contributed by atoms with E-state index in [0.717, 1.165) is 20.5 Å². The van der Waals surface area contributed by atoms with E-state index >= 15 is 0 Å². The Morgan fingerprint density at radius 2 is 2.35 bits per heavy atom. The van der Waals surface area contributed by atoms with E-state index in [4.69, 9.17) is 28.9 Å². The Morgan fingerprint density at radius 3 is 2.95 bits per heavy atom. The molecule has 0 spiro atoms. The molecule has 0 aliphatic heterocycles. The molecule has 0 saturated heterocycles. The number of nitriles is 1. The van der Waals surface area contributed by atoms with Crippen LogP contribution < -0.4 is 11.5 Å². The maximum absolute atomic E-state index is 8.91. The van der Waals surface area contributed by atoms with Crippen molar-refractivity contribution in [2.75, 3.05) is 5.73 Å². The molecule has 5 nitrogen and oxygen atoms in total. The summed E-state index contributed by atoms with van der Waals surface area (Å²) >= 11 is 9.28. The van der Waals surface area contributed by atoms with Crippen LogP contribution in [0.25, 0.3) is 6.08 Å². The second-order valence-corrected chi connectivity index (χ2v) is 7.20. The van der Waals surface area contributed by atoms with Gasteiger partial charge in [0.25, 0.3) is 0 Å². The maximum Gasteiger partial charge on any atom is 0.203 e. The minimum Gasteiger partial charge on any atom is -0.389 e. The first kappa shape index (κ1) is 14.9. The summed E-state index contributed by atoms with van der Waals surface area (Å²) in [4.78, 5) is 1.06. The normalized spacial score (nSPS) is 11.2. The van der Waals surface area contributed by atoms with Crippen LogP contribution in [-0.2, 0) is 5.75 Å². The van der Waals surface area contributed by atoms with Gasteiger partial charge in [0.15, 0.2) is 4.34 Å². The van der Waals surface area contributed by atoms with Crippen LogP contribution in [0.1, 0.15) is 10.4 Å². The van der Waals surface area contributed by atoms with E-state index in [-0.39, 0.29) is 4.99 Å². The molecular formula is C11H9N5S4. The quantitative estimate of drug-likeness (QED) is 0.374. The number of rotatable bonds is 5. The molecule has 0 radical (unpaired) electrons. The Morgan fingerprint density at radius 1 is 1.55 bits per heavy atom. The van der Waals surface area contributed by atoms with Crippen molar-refractivity contribution in [1.82, 2.24) is 10.2 Å². The van der Waals surface area contributed by atoms with Crippen molar-refractivity contribution in [2.45, 2.75) is 10.1 Å². The lowest BCUT2D eigenvalue weighted by atomic mass is 10.2. The number of nitrogens with zero attached hydrogens (tertiary/aromatic N) is 3. The number of nitrogens with two attached hydrogens (primary N) is 2. The van der Waals surface area contributed by atoms with E-state index < -0.39 is 0 Å². The van der Waals surface area contributed by atoms with Crippen molar-refractivity contribution in [3.8, 4) is 6.07 Å². The van der Waals surface area contributed by atoms with Gasteiger partial charge >= 0.3 is 0 Å². The number of thiophene rings is 1. The SMILES string of the molecule is N#C/C(=C\c1cc(CSc2nnc(N)s2)cs1)C(N)=S. The average Bonchev–Trinajstić information content (AvgIpc) is 3.02. The number of hydrogen-bond acceptors (Lipinski definition) is 8. The van der Waals surface area contributed by atoms with Gasteiger partial charge in [-0.05, 0) is 23.1 Å². The minimum atomic E-state index is 0.112. The average molecular weight is 339 g/mol. The first-order chi connectivity index (χ1) is 9.58. The summed E-state index contributed by atoms with van der Waals surface area (Å²) in [5.74, 6) is 0.772. The third-order valence-electron chi connectivity index (χ3n) is 2.13. The fraction of sp³-hybridized carbons (Fsp3) is 0.0909. The van der Waals surface area contributed by atoms with E-state index in [1.165, 1.54) is 22.7 Å². The second-order valence-electron chi connectivity index (χ2n) is 3.59. The van der Waals surface area contributed by atoms with Gasteiger partial charge in [0, 0.05) is 10.6 Å². The van der Waals surface area contributed by atoms with Gasteiger partial charge in [-0.15, -0.1) is 21.5 Å². The van der Waals surface area contributed by atoms with Crippen molar-refractivity contribution >= 4 is 62.8 Å². The van der Waals surface area contributed by atoms with Crippen LogP contribution in [0.3, 0.4) is 0 Å². The summed E-state index contributed by atoms with van der Waals surface area (Å²) in [6.45, 7) is 0. The molecular weight excluding hydrogens is 330 g/mol. The van der Waals surface area contributed by atoms with Crippen molar-refractivity contribution in [2.24, 2.45) is 5.73 Å². The smallest absolute Gasteiger partial charge is 0.203 e. The standard InChI is InChI=1S/C11H9N5S4/c12-3-7(9(13)17)2-8-1-6(4-18-8)5-19-11-16-15-10(14)20-11/h1-2,4H,5H2,(H2,13,17)(H2,14,15)/b7-2+. The Hall–Kier alpha value is -1.47. The van der Waals surface area contributed by atoms with Crippen LogP contribution in [0.15, 0.2) is 21.4 Å². The topological polar surface area (TPSA) is 102 Å². The molecule has 4 N–H and O–H groups in total. The Bertz CT molecular complexity index is 694. The van der Waals surface area contributed by atoms with E-state index in [9.17, 15) is 0 Å². The first-order valence-corrected chi connectivity index (χ1v) is 8.38. The van der Waals surface area contributed by atoms with Gasteiger partial charge in [-0.1, -0.05) is 35.3 Å². The van der Waals surface area contributed by atoms with Crippen LogP contribution in [-0.4, -0.2) is 15.2 Å².